The Hall–Kier alpha value is -3.31. The molecule has 3 aromatic carbocycles. The first-order chi connectivity index (χ1) is 12.8. The van der Waals surface area contributed by atoms with Gasteiger partial charge in [-0.25, -0.2) is 0 Å². The number of H-pyrrole nitrogens is 2. The highest BCUT2D eigenvalue weighted by Crippen LogP contribution is 2.44. The monoisotopic (exact) mass is 347 g/mol. The van der Waals surface area contributed by atoms with E-state index in [0.717, 1.165) is 49.2 Å². The molecule has 3 N–H and O–H groups in total. The summed E-state index contributed by atoms with van der Waals surface area (Å²) in [5.74, 6) is -0.0891. The minimum Gasteiger partial charge on any atom is -0.357 e. The lowest BCUT2D eigenvalue weighted by Gasteiger charge is -2.11. The van der Waals surface area contributed by atoms with Gasteiger partial charge in [0.15, 0.2) is 6.23 Å². The molecule has 132 valence electrons. The molecule has 5 heteroatoms. The quantitative estimate of drug-likeness (QED) is 0.396. The number of rotatable bonds is 1. The summed E-state index contributed by atoms with van der Waals surface area (Å²) in [4.78, 5) is 19.9. The average Bonchev–Trinajstić information content (AvgIpc) is 3.32. The van der Waals surface area contributed by atoms with Gasteiger partial charge in [-0.05, 0) is 12.1 Å². The molecule has 0 saturated carbocycles. The highest BCUT2D eigenvalue weighted by atomic mass is 16.5. The van der Waals surface area contributed by atoms with Crippen LogP contribution in [0, 0.1) is 0 Å². The lowest BCUT2D eigenvalue weighted by molar-refractivity contribution is 0.0671. The molecule has 0 aliphatic carbocycles. The first-order valence-electron chi connectivity index (χ1n) is 8.58. The van der Waals surface area contributed by atoms with Crippen LogP contribution in [0.15, 0.2) is 48.5 Å². The van der Waals surface area contributed by atoms with Crippen LogP contribution in [0.1, 0.15) is 26.4 Å². The van der Waals surface area contributed by atoms with E-state index in [0.29, 0.717) is 5.56 Å². The predicted octanol–water partition coefficient (Wildman–Crippen LogP) is 5.08. The van der Waals surface area contributed by atoms with Crippen LogP contribution in [0.4, 0.5) is 0 Å². The number of nitrogens with one attached hydrogen (secondary N) is 3. The molecule has 1 aliphatic rings. The highest BCUT2D eigenvalue weighted by molar-refractivity contribution is 6.30. The Morgan fingerprint density at radius 1 is 0.885 bits per heavy atom. The number of carbonyl (C=O) groups is 1. The zero-order valence-corrected chi connectivity index (χ0v) is 14.0. The summed E-state index contributed by atoms with van der Waals surface area (Å²) < 4.78 is 5.62. The van der Waals surface area contributed by atoms with Gasteiger partial charge in [0.25, 0.3) is 5.91 Å². The van der Waals surface area contributed by atoms with Gasteiger partial charge < -0.3 is 20.0 Å². The van der Waals surface area contributed by atoms with E-state index in [-0.39, 0.29) is 10.2 Å². The summed E-state index contributed by atoms with van der Waals surface area (Å²) in [6.45, 7) is 0. The van der Waals surface area contributed by atoms with Crippen molar-refractivity contribution in [2.45, 2.75) is 6.23 Å². The molecule has 0 saturated heterocycles. The number of fused-ring (bicyclic) bond motifs is 10. The number of ether oxygens (including phenoxy) is 1. The van der Waals surface area contributed by atoms with Crippen LogP contribution >= 0.6 is 0 Å². The SMILES string of the molecule is COC1NC(=O)c2c1c1c3ccccc3[nH]c1c1[nH]c3ccccc3c21.[HH].[HH].[HH]. The predicted molar refractivity (Wildman–Crippen MR) is 109 cm³/mol. The second-order valence-corrected chi connectivity index (χ2v) is 6.72. The summed E-state index contributed by atoms with van der Waals surface area (Å²) in [5.41, 5.74) is 5.66. The third-order valence-corrected chi connectivity index (χ3v) is 5.44. The van der Waals surface area contributed by atoms with Crippen LogP contribution in [0.3, 0.4) is 0 Å². The fourth-order valence-corrected chi connectivity index (χ4v) is 4.40. The summed E-state index contributed by atoms with van der Waals surface area (Å²) in [7, 11) is 1.63. The maximum atomic E-state index is 12.9. The summed E-state index contributed by atoms with van der Waals surface area (Å²) >= 11 is 0. The van der Waals surface area contributed by atoms with Crippen molar-refractivity contribution < 1.29 is 13.8 Å². The minimum absolute atomic E-state index is 0. The van der Waals surface area contributed by atoms with E-state index >= 15 is 0 Å². The van der Waals surface area contributed by atoms with E-state index in [1.54, 1.807) is 7.11 Å². The first-order valence-corrected chi connectivity index (χ1v) is 8.58. The fraction of sp³-hybridized carbons (Fsp3) is 0.0952. The third kappa shape index (κ3) is 1.52. The van der Waals surface area contributed by atoms with Gasteiger partial charge >= 0.3 is 0 Å². The van der Waals surface area contributed by atoms with Gasteiger partial charge in [-0.1, -0.05) is 36.4 Å². The Morgan fingerprint density at radius 3 is 2.12 bits per heavy atom. The van der Waals surface area contributed by atoms with Crippen molar-refractivity contribution in [1.82, 2.24) is 15.3 Å². The largest absolute Gasteiger partial charge is 0.357 e. The van der Waals surface area contributed by atoms with E-state index in [2.05, 4.69) is 33.5 Å². The Labute approximate surface area is 152 Å². The van der Waals surface area contributed by atoms with Crippen LogP contribution < -0.4 is 5.32 Å². The molecule has 1 amide bonds. The zero-order valence-electron chi connectivity index (χ0n) is 14.0. The zero-order chi connectivity index (χ0) is 17.4. The topological polar surface area (TPSA) is 69.9 Å². The number of aromatic amines is 2. The van der Waals surface area contributed by atoms with Gasteiger partial charge in [-0.2, -0.15) is 0 Å². The maximum absolute atomic E-state index is 12.9. The molecule has 1 atom stereocenters. The van der Waals surface area contributed by atoms with E-state index in [9.17, 15) is 4.79 Å². The van der Waals surface area contributed by atoms with Crippen molar-refractivity contribution in [2.75, 3.05) is 7.11 Å². The molecule has 0 bridgehead atoms. The number of carbonyl (C=O) groups excluding carboxylic acids is 1. The first kappa shape index (κ1) is 13.9. The minimum atomic E-state index is -0.447. The van der Waals surface area contributed by atoms with Gasteiger partial charge in [0.2, 0.25) is 0 Å². The van der Waals surface area contributed by atoms with Gasteiger partial charge in [-0.3, -0.25) is 4.79 Å². The van der Waals surface area contributed by atoms with Crippen molar-refractivity contribution in [1.29, 1.82) is 0 Å². The van der Waals surface area contributed by atoms with Crippen LogP contribution in [-0.2, 0) is 4.74 Å². The molecule has 1 aliphatic heterocycles. The maximum Gasteiger partial charge on any atom is 0.254 e. The Balaban J connectivity index is 0.000000801. The molecule has 0 fully saturated rings. The van der Waals surface area contributed by atoms with Crippen LogP contribution in [0.5, 0.6) is 0 Å². The van der Waals surface area contributed by atoms with Crippen molar-refractivity contribution in [3.63, 3.8) is 0 Å². The number of benzene rings is 3. The van der Waals surface area contributed by atoms with E-state index in [1.807, 2.05) is 30.3 Å². The highest BCUT2D eigenvalue weighted by Gasteiger charge is 2.35. The second kappa shape index (κ2) is 4.65. The number of amides is 1. The molecular formula is C21H21N3O2. The fourth-order valence-electron chi connectivity index (χ4n) is 4.40. The Morgan fingerprint density at radius 2 is 1.46 bits per heavy atom. The van der Waals surface area contributed by atoms with Gasteiger partial charge in [0.1, 0.15) is 0 Å². The lowest BCUT2D eigenvalue weighted by atomic mass is 9.96. The van der Waals surface area contributed by atoms with E-state index < -0.39 is 6.23 Å². The van der Waals surface area contributed by atoms with Crippen LogP contribution in [0.2, 0.25) is 0 Å². The molecule has 26 heavy (non-hydrogen) atoms. The van der Waals surface area contributed by atoms with Crippen LogP contribution in [-0.4, -0.2) is 23.0 Å². The van der Waals surface area contributed by atoms with E-state index in [4.69, 9.17) is 4.74 Å². The van der Waals surface area contributed by atoms with Gasteiger partial charge in [-0.15, -0.1) is 0 Å². The summed E-state index contributed by atoms with van der Waals surface area (Å²) in [6, 6.07) is 16.3. The van der Waals surface area contributed by atoms with Crippen molar-refractivity contribution in [3.05, 3.63) is 59.7 Å². The van der Waals surface area contributed by atoms with E-state index in [1.165, 1.54) is 0 Å². The molecule has 0 radical (unpaired) electrons. The lowest BCUT2D eigenvalue weighted by Crippen LogP contribution is -2.20. The molecule has 5 nitrogen and oxygen atoms in total. The van der Waals surface area contributed by atoms with Crippen LogP contribution in [0.25, 0.3) is 43.6 Å². The van der Waals surface area contributed by atoms with Gasteiger partial charge in [0.05, 0.1) is 16.6 Å². The molecule has 5 aromatic rings. The number of methoxy groups -OCH3 is 1. The number of para-hydroxylation sites is 2. The molecule has 6 rings (SSSR count). The standard InChI is InChI=1S/C21H15N3O2.3H2/c1-26-21-17-15-11-7-3-5-9-13(11)23-19(15)18-14(16(17)20(25)24-21)10-6-2-4-8-12(10)22-18;;;/h2-9,21-23H,1H3,(H,24,25);3*1H. The normalized spacial score (nSPS) is 16.8. The van der Waals surface area contributed by atoms with Crippen molar-refractivity contribution >= 4 is 49.5 Å². The number of aromatic nitrogens is 2. The Bertz CT molecular complexity index is 1390. The number of hydrogen-bond donors (Lipinski definition) is 3. The van der Waals surface area contributed by atoms with Crippen molar-refractivity contribution in [3.8, 4) is 0 Å². The average molecular weight is 347 g/mol. The molecule has 0 spiro atoms. The number of hydrogen-bond acceptors (Lipinski definition) is 2. The Kier molecular flexibility index (Phi) is 2.49. The summed E-state index contributed by atoms with van der Waals surface area (Å²) in [6.07, 6.45) is -0.447. The molecule has 3 heterocycles. The molecule has 2 aromatic heterocycles. The summed E-state index contributed by atoms with van der Waals surface area (Å²) in [5, 5.41) is 7.11. The smallest absolute Gasteiger partial charge is 0.254 e. The molecule has 1 unspecified atom stereocenters. The van der Waals surface area contributed by atoms with Gasteiger partial charge in [0, 0.05) is 49.5 Å². The van der Waals surface area contributed by atoms with Crippen molar-refractivity contribution in [2.24, 2.45) is 0 Å². The second-order valence-electron chi connectivity index (χ2n) is 6.72. The molecular weight excluding hydrogens is 326 g/mol. The third-order valence-electron chi connectivity index (χ3n) is 5.44.